The molecule has 0 bridgehead atoms. The molecule has 3 nitrogen and oxygen atoms in total. The normalized spacial score (nSPS) is 10.3. The van der Waals surface area contributed by atoms with Crippen molar-refractivity contribution in [3.63, 3.8) is 0 Å². The van der Waals surface area contributed by atoms with Crippen LogP contribution in [0.4, 0.5) is 5.82 Å². The molecule has 0 aliphatic carbocycles. The lowest BCUT2D eigenvalue weighted by atomic mass is 10.2. The summed E-state index contributed by atoms with van der Waals surface area (Å²) in [7, 11) is 0. The number of nitrogens with two attached hydrogens (primary N) is 1. The van der Waals surface area contributed by atoms with Crippen LogP contribution in [0.3, 0.4) is 0 Å². The van der Waals surface area contributed by atoms with E-state index in [1.807, 2.05) is 19.1 Å². The Balaban J connectivity index is 2.28. The van der Waals surface area contributed by atoms with E-state index in [0.717, 1.165) is 41.9 Å². The van der Waals surface area contributed by atoms with Gasteiger partial charge in [0.25, 0.3) is 0 Å². The molecule has 0 radical (unpaired) electrons. The predicted octanol–water partition coefficient (Wildman–Crippen LogP) is 2.69. The molecule has 0 amide bonds. The Bertz CT molecular complexity index is 302. The van der Waals surface area contributed by atoms with Crippen LogP contribution in [0.2, 0.25) is 0 Å². The summed E-state index contributed by atoms with van der Waals surface area (Å²) in [6.45, 7) is 3.74. The second-order valence-electron chi connectivity index (χ2n) is 3.54. The maximum Gasteiger partial charge on any atom is 0.126 e. The molecular formula is C11H18BrN3. The monoisotopic (exact) mass is 271 g/mol. The molecule has 1 rings (SSSR count). The molecule has 1 heterocycles. The highest BCUT2D eigenvalue weighted by atomic mass is 79.9. The first-order valence-corrected chi connectivity index (χ1v) is 6.10. The molecule has 0 aromatic carbocycles. The van der Waals surface area contributed by atoms with E-state index in [-0.39, 0.29) is 0 Å². The van der Waals surface area contributed by atoms with Gasteiger partial charge in [-0.3, -0.25) is 0 Å². The van der Waals surface area contributed by atoms with Crippen LogP contribution in [-0.2, 0) is 0 Å². The maximum atomic E-state index is 5.42. The number of nitrogens with one attached hydrogen (secondary N) is 1. The number of hydrogen-bond acceptors (Lipinski definition) is 3. The number of aromatic nitrogens is 1. The van der Waals surface area contributed by atoms with E-state index in [0.29, 0.717) is 0 Å². The summed E-state index contributed by atoms with van der Waals surface area (Å²) in [5.41, 5.74) is 6.44. The standard InChI is InChI=1S/C11H18BrN3/c1-9-10(12)5-6-11(15-9)14-8-4-2-3-7-13/h5-6H,2-4,7-8,13H2,1H3,(H,14,15). The Labute approximate surface area is 99.6 Å². The molecule has 0 unspecified atom stereocenters. The molecule has 3 N–H and O–H groups in total. The van der Waals surface area contributed by atoms with Gasteiger partial charge in [-0.05, 0) is 54.4 Å². The highest BCUT2D eigenvalue weighted by Gasteiger charge is 1.97. The number of rotatable bonds is 6. The highest BCUT2D eigenvalue weighted by molar-refractivity contribution is 9.10. The fraction of sp³-hybridized carbons (Fsp3) is 0.545. The first-order valence-electron chi connectivity index (χ1n) is 5.31. The summed E-state index contributed by atoms with van der Waals surface area (Å²) < 4.78 is 1.05. The molecule has 1 aromatic heterocycles. The third-order valence-electron chi connectivity index (χ3n) is 2.21. The molecule has 0 spiro atoms. The number of hydrogen-bond donors (Lipinski definition) is 2. The van der Waals surface area contributed by atoms with Crippen molar-refractivity contribution in [3.05, 3.63) is 22.3 Å². The molecule has 0 saturated heterocycles. The third kappa shape index (κ3) is 4.62. The number of pyridine rings is 1. The fourth-order valence-corrected chi connectivity index (χ4v) is 1.53. The van der Waals surface area contributed by atoms with Crippen LogP contribution in [0.1, 0.15) is 25.0 Å². The second-order valence-corrected chi connectivity index (χ2v) is 4.39. The smallest absolute Gasteiger partial charge is 0.126 e. The zero-order valence-corrected chi connectivity index (χ0v) is 10.7. The van der Waals surface area contributed by atoms with Gasteiger partial charge in [-0.15, -0.1) is 0 Å². The first-order chi connectivity index (χ1) is 7.24. The van der Waals surface area contributed by atoms with Crippen LogP contribution in [0, 0.1) is 6.92 Å². The van der Waals surface area contributed by atoms with Gasteiger partial charge in [0.2, 0.25) is 0 Å². The van der Waals surface area contributed by atoms with E-state index >= 15 is 0 Å². The van der Waals surface area contributed by atoms with Gasteiger partial charge in [0.15, 0.2) is 0 Å². The summed E-state index contributed by atoms with van der Waals surface area (Å²) in [6.07, 6.45) is 3.43. The molecule has 1 aromatic rings. The van der Waals surface area contributed by atoms with Gasteiger partial charge in [-0.1, -0.05) is 6.42 Å². The van der Waals surface area contributed by atoms with Crippen molar-refractivity contribution < 1.29 is 0 Å². The topological polar surface area (TPSA) is 50.9 Å². The summed E-state index contributed by atoms with van der Waals surface area (Å²) in [5, 5.41) is 3.30. The predicted molar refractivity (Wildman–Crippen MR) is 68.1 cm³/mol. The molecule has 4 heteroatoms. The minimum absolute atomic E-state index is 0.787. The van der Waals surface area contributed by atoms with Crippen LogP contribution in [0.5, 0.6) is 0 Å². The Morgan fingerprint density at radius 3 is 2.80 bits per heavy atom. The Kier molecular flexibility index (Phi) is 5.65. The van der Waals surface area contributed by atoms with Crippen LogP contribution >= 0.6 is 15.9 Å². The van der Waals surface area contributed by atoms with E-state index in [4.69, 9.17) is 5.73 Å². The van der Waals surface area contributed by atoms with Crippen molar-refractivity contribution >= 4 is 21.7 Å². The van der Waals surface area contributed by atoms with Crippen molar-refractivity contribution in [2.45, 2.75) is 26.2 Å². The molecule has 15 heavy (non-hydrogen) atoms. The molecular weight excluding hydrogens is 254 g/mol. The molecule has 0 saturated carbocycles. The van der Waals surface area contributed by atoms with Crippen molar-refractivity contribution in [2.24, 2.45) is 5.73 Å². The number of halogens is 1. The van der Waals surface area contributed by atoms with E-state index in [1.165, 1.54) is 6.42 Å². The van der Waals surface area contributed by atoms with E-state index in [1.54, 1.807) is 0 Å². The average molecular weight is 272 g/mol. The van der Waals surface area contributed by atoms with Gasteiger partial charge in [0, 0.05) is 11.0 Å². The summed E-state index contributed by atoms with van der Waals surface area (Å²) in [6, 6.07) is 4.00. The van der Waals surface area contributed by atoms with E-state index in [9.17, 15) is 0 Å². The lowest BCUT2D eigenvalue weighted by Gasteiger charge is -2.06. The maximum absolute atomic E-state index is 5.42. The molecule has 0 aliphatic rings. The van der Waals surface area contributed by atoms with Gasteiger partial charge < -0.3 is 11.1 Å². The zero-order chi connectivity index (χ0) is 11.1. The largest absolute Gasteiger partial charge is 0.370 e. The second kappa shape index (κ2) is 6.80. The van der Waals surface area contributed by atoms with Crippen molar-refractivity contribution in [2.75, 3.05) is 18.4 Å². The van der Waals surface area contributed by atoms with E-state index in [2.05, 4.69) is 26.2 Å². The number of unbranched alkanes of at least 4 members (excludes halogenated alkanes) is 2. The first kappa shape index (κ1) is 12.5. The van der Waals surface area contributed by atoms with Gasteiger partial charge in [0.1, 0.15) is 5.82 Å². The highest BCUT2D eigenvalue weighted by Crippen LogP contribution is 2.16. The lowest BCUT2D eigenvalue weighted by molar-refractivity contribution is 0.706. The van der Waals surface area contributed by atoms with Crippen molar-refractivity contribution in [1.82, 2.24) is 4.98 Å². The van der Waals surface area contributed by atoms with Crippen LogP contribution in [0.15, 0.2) is 16.6 Å². The van der Waals surface area contributed by atoms with Gasteiger partial charge in [-0.2, -0.15) is 0 Å². The number of nitrogens with zero attached hydrogens (tertiary/aromatic N) is 1. The van der Waals surface area contributed by atoms with Crippen LogP contribution < -0.4 is 11.1 Å². The van der Waals surface area contributed by atoms with Crippen molar-refractivity contribution in [1.29, 1.82) is 0 Å². The minimum atomic E-state index is 0.787. The van der Waals surface area contributed by atoms with Crippen molar-refractivity contribution in [3.8, 4) is 0 Å². The third-order valence-corrected chi connectivity index (χ3v) is 3.05. The van der Waals surface area contributed by atoms with Crippen LogP contribution in [0.25, 0.3) is 0 Å². The lowest BCUT2D eigenvalue weighted by Crippen LogP contribution is -2.05. The van der Waals surface area contributed by atoms with E-state index < -0.39 is 0 Å². The Morgan fingerprint density at radius 1 is 1.33 bits per heavy atom. The summed E-state index contributed by atoms with van der Waals surface area (Å²) in [4.78, 5) is 4.41. The molecule has 0 atom stereocenters. The molecule has 84 valence electrons. The van der Waals surface area contributed by atoms with Gasteiger partial charge in [-0.25, -0.2) is 4.98 Å². The SMILES string of the molecule is Cc1nc(NCCCCCN)ccc1Br. The molecule has 0 fully saturated rings. The minimum Gasteiger partial charge on any atom is -0.370 e. The fourth-order valence-electron chi connectivity index (χ4n) is 1.31. The van der Waals surface area contributed by atoms with Crippen LogP contribution in [-0.4, -0.2) is 18.1 Å². The number of aryl methyl sites for hydroxylation is 1. The summed E-state index contributed by atoms with van der Waals surface area (Å²) >= 11 is 3.43. The quantitative estimate of drug-likeness (QED) is 0.783. The van der Waals surface area contributed by atoms with Gasteiger partial charge >= 0.3 is 0 Å². The molecule has 0 aliphatic heterocycles. The van der Waals surface area contributed by atoms with Gasteiger partial charge in [0.05, 0.1) is 5.69 Å². The number of anilines is 1. The average Bonchev–Trinajstić information content (AvgIpc) is 2.23. The Hall–Kier alpha value is -0.610. The zero-order valence-electron chi connectivity index (χ0n) is 9.09. The Morgan fingerprint density at radius 2 is 2.13 bits per heavy atom. The summed E-state index contributed by atoms with van der Waals surface area (Å²) in [5.74, 6) is 0.948.